The van der Waals surface area contributed by atoms with Crippen LogP contribution in [0.3, 0.4) is 0 Å². The van der Waals surface area contributed by atoms with Crippen LogP contribution in [-0.2, 0) is 11.2 Å². The number of fused-ring (bicyclic) bond motifs is 1. The molecule has 1 heterocycles. The molecule has 0 radical (unpaired) electrons. The van der Waals surface area contributed by atoms with E-state index in [4.69, 9.17) is 38.3 Å². The molecule has 4 atom stereocenters. The van der Waals surface area contributed by atoms with Crippen LogP contribution in [0.4, 0.5) is 0 Å². The number of halogens is 2. The zero-order valence-corrected chi connectivity index (χ0v) is 19.5. The summed E-state index contributed by atoms with van der Waals surface area (Å²) in [6, 6.07) is 13.7. The third kappa shape index (κ3) is 4.24. The molecule has 164 valence electrons. The maximum Gasteiger partial charge on any atom is 0.158 e. The number of ether oxygens (including phenoxy) is 1. The van der Waals surface area contributed by atoms with Gasteiger partial charge in [-0.1, -0.05) is 60.5 Å². The Bertz CT molecular complexity index is 1010. The summed E-state index contributed by atoms with van der Waals surface area (Å²) in [5, 5.41) is 13.7. The van der Waals surface area contributed by atoms with E-state index in [0.29, 0.717) is 22.5 Å². The van der Waals surface area contributed by atoms with Gasteiger partial charge in [-0.25, -0.2) is 0 Å². The molecule has 0 fully saturated rings. The van der Waals surface area contributed by atoms with Gasteiger partial charge >= 0.3 is 0 Å². The Morgan fingerprint density at radius 2 is 1.94 bits per heavy atom. The second-order valence-corrected chi connectivity index (χ2v) is 8.83. The molecular formula is C24H28Cl2N4O. The number of nitrogens with one attached hydrogen (secondary N) is 2. The number of hydrogen-bond donors (Lipinski definition) is 2. The van der Waals surface area contributed by atoms with Crippen LogP contribution in [0, 0.1) is 5.41 Å². The fourth-order valence-corrected chi connectivity index (χ4v) is 5.17. The minimum absolute atomic E-state index is 0.00701. The van der Waals surface area contributed by atoms with Crippen molar-refractivity contribution in [3.8, 4) is 0 Å². The number of hydrogen-bond acceptors (Lipinski definition) is 4. The van der Waals surface area contributed by atoms with Gasteiger partial charge in [0.15, 0.2) is 6.17 Å². The Morgan fingerprint density at radius 3 is 2.65 bits per heavy atom. The molecule has 4 rings (SSSR count). The monoisotopic (exact) mass is 458 g/mol. The van der Waals surface area contributed by atoms with Crippen LogP contribution in [-0.4, -0.2) is 42.4 Å². The lowest BCUT2D eigenvalue weighted by molar-refractivity contribution is 0.0418. The number of likely N-dealkylation sites (N-methyl/N-ethyl adjacent to an activating group) is 1. The first-order valence-corrected chi connectivity index (χ1v) is 11.5. The summed E-state index contributed by atoms with van der Waals surface area (Å²) in [5.74, 6) is 0.410. The van der Waals surface area contributed by atoms with E-state index in [2.05, 4.69) is 36.5 Å². The minimum Gasteiger partial charge on any atom is -0.376 e. The predicted octanol–water partition coefficient (Wildman–Crippen LogP) is 5.43. The van der Waals surface area contributed by atoms with E-state index < -0.39 is 6.17 Å². The predicted molar refractivity (Wildman–Crippen MR) is 128 cm³/mol. The van der Waals surface area contributed by atoms with E-state index in [1.807, 2.05) is 31.0 Å². The second kappa shape index (κ2) is 9.29. The third-order valence-corrected chi connectivity index (χ3v) is 6.72. The number of amidine groups is 1. The van der Waals surface area contributed by atoms with Crippen molar-refractivity contribution in [1.29, 1.82) is 5.41 Å². The van der Waals surface area contributed by atoms with Gasteiger partial charge in [0.25, 0.3) is 0 Å². The molecule has 5 nitrogen and oxygen atoms in total. The van der Waals surface area contributed by atoms with Gasteiger partial charge in [-0.05, 0) is 42.2 Å². The van der Waals surface area contributed by atoms with Gasteiger partial charge in [0.2, 0.25) is 0 Å². The van der Waals surface area contributed by atoms with Crippen LogP contribution in [0.15, 0.2) is 47.5 Å². The van der Waals surface area contributed by atoms with E-state index in [1.54, 1.807) is 6.07 Å². The summed E-state index contributed by atoms with van der Waals surface area (Å²) in [6.45, 7) is 4.76. The summed E-state index contributed by atoms with van der Waals surface area (Å²) < 4.78 is 6.05. The van der Waals surface area contributed by atoms with Gasteiger partial charge in [0.05, 0.1) is 18.2 Å². The Balaban J connectivity index is 1.66. The molecule has 0 amide bonds. The van der Waals surface area contributed by atoms with E-state index >= 15 is 0 Å². The van der Waals surface area contributed by atoms with E-state index in [-0.39, 0.29) is 18.2 Å². The second-order valence-electron chi connectivity index (χ2n) is 7.98. The van der Waals surface area contributed by atoms with Crippen LogP contribution >= 0.6 is 23.2 Å². The Hall–Kier alpha value is -1.92. The average Bonchev–Trinajstić information content (AvgIpc) is 3.09. The smallest absolute Gasteiger partial charge is 0.158 e. The molecule has 7 heteroatoms. The maximum absolute atomic E-state index is 8.87. The first-order valence-electron chi connectivity index (χ1n) is 10.7. The Labute approximate surface area is 193 Å². The van der Waals surface area contributed by atoms with Crippen molar-refractivity contribution in [2.45, 2.75) is 51.0 Å². The normalized spacial score (nSPS) is 25.5. The number of aliphatic imine (C=N–C) groups is 1. The fourth-order valence-electron chi connectivity index (χ4n) is 4.66. The lowest BCUT2D eigenvalue weighted by Gasteiger charge is -2.40. The van der Waals surface area contributed by atoms with E-state index in [1.165, 1.54) is 11.1 Å². The molecule has 0 spiro atoms. The Kier molecular flexibility index (Phi) is 6.68. The fraction of sp³-hybridized carbons (Fsp3) is 0.417. The van der Waals surface area contributed by atoms with E-state index in [0.717, 1.165) is 24.1 Å². The molecular weight excluding hydrogens is 431 g/mol. The molecule has 2 aromatic carbocycles. The van der Waals surface area contributed by atoms with Crippen molar-refractivity contribution < 1.29 is 4.74 Å². The molecule has 2 aromatic rings. The van der Waals surface area contributed by atoms with Crippen molar-refractivity contribution >= 4 is 34.7 Å². The standard InChI is InChI=1S/C24H28Cl2N4O/c1-4-19-22(17-11-10-15(25)13-18(17)26)30(3)23(27)24(28-19)29-21-16-9-7-6-8-14(16)12-20(21)31-5-2/h6-11,13,20-22,24,27,29H,4-5,12H2,1-3H3/t20-,21+,22?,24?/m0/s1. The minimum atomic E-state index is -0.443. The molecule has 2 N–H and O–H groups in total. The first-order chi connectivity index (χ1) is 14.9. The summed E-state index contributed by atoms with van der Waals surface area (Å²) in [4.78, 5) is 6.93. The zero-order valence-electron chi connectivity index (χ0n) is 18.0. The first kappa shape index (κ1) is 22.3. The summed E-state index contributed by atoms with van der Waals surface area (Å²) >= 11 is 12.6. The maximum atomic E-state index is 8.87. The van der Waals surface area contributed by atoms with Crippen LogP contribution in [0.5, 0.6) is 0 Å². The summed E-state index contributed by atoms with van der Waals surface area (Å²) in [6.07, 6.45) is 1.21. The average molecular weight is 459 g/mol. The molecule has 0 saturated heterocycles. The Morgan fingerprint density at radius 1 is 1.16 bits per heavy atom. The molecule has 2 aliphatic rings. The number of benzene rings is 2. The molecule has 0 aromatic heterocycles. The highest BCUT2D eigenvalue weighted by Gasteiger charge is 2.39. The number of nitrogens with zero attached hydrogens (tertiary/aromatic N) is 2. The van der Waals surface area contributed by atoms with Crippen LogP contribution in [0.1, 0.15) is 49.0 Å². The summed E-state index contributed by atoms with van der Waals surface area (Å²) in [7, 11) is 1.93. The lowest BCUT2D eigenvalue weighted by atomic mass is 9.96. The van der Waals surface area contributed by atoms with Gasteiger partial charge < -0.3 is 9.64 Å². The quantitative estimate of drug-likeness (QED) is 0.606. The van der Waals surface area contributed by atoms with Gasteiger partial charge in [0.1, 0.15) is 5.84 Å². The molecule has 1 aliphatic heterocycles. The van der Waals surface area contributed by atoms with Crippen molar-refractivity contribution in [2.24, 2.45) is 4.99 Å². The molecule has 0 bridgehead atoms. The van der Waals surface area contributed by atoms with Crippen LogP contribution in [0.25, 0.3) is 0 Å². The summed E-state index contributed by atoms with van der Waals surface area (Å²) in [5.41, 5.74) is 4.42. The highest BCUT2D eigenvalue weighted by molar-refractivity contribution is 6.35. The van der Waals surface area contributed by atoms with Crippen LogP contribution in [0.2, 0.25) is 10.0 Å². The molecule has 0 saturated carbocycles. The number of rotatable bonds is 6. The lowest BCUT2D eigenvalue weighted by Crippen LogP contribution is -2.52. The van der Waals surface area contributed by atoms with E-state index in [9.17, 15) is 0 Å². The van der Waals surface area contributed by atoms with Gasteiger partial charge in [-0.3, -0.25) is 15.7 Å². The van der Waals surface area contributed by atoms with Crippen molar-refractivity contribution in [3.05, 3.63) is 69.2 Å². The molecule has 2 unspecified atom stereocenters. The van der Waals surface area contributed by atoms with Gasteiger partial charge in [-0.2, -0.15) is 0 Å². The topological polar surface area (TPSA) is 60.7 Å². The zero-order chi connectivity index (χ0) is 22.1. The highest BCUT2D eigenvalue weighted by atomic mass is 35.5. The van der Waals surface area contributed by atoms with Crippen molar-refractivity contribution in [3.63, 3.8) is 0 Å². The SMILES string of the molecule is CCO[C@H]1Cc2ccccc2[C@H]1NC1N=C(CC)C(c2ccc(Cl)cc2Cl)N(C)C1=N. The molecule has 1 aliphatic carbocycles. The van der Waals surface area contributed by atoms with Crippen molar-refractivity contribution in [2.75, 3.05) is 13.7 Å². The van der Waals surface area contributed by atoms with Crippen LogP contribution < -0.4 is 5.32 Å². The van der Waals surface area contributed by atoms with Crippen molar-refractivity contribution in [1.82, 2.24) is 10.2 Å². The molecule has 31 heavy (non-hydrogen) atoms. The third-order valence-electron chi connectivity index (χ3n) is 6.16. The highest BCUT2D eigenvalue weighted by Crippen LogP contribution is 2.37. The largest absolute Gasteiger partial charge is 0.376 e. The van der Waals surface area contributed by atoms with Gasteiger partial charge in [0, 0.05) is 35.8 Å². The van der Waals surface area contributed by atoms with Gasteiger partial charge in [-0.15, -0.1) is 0 Å².